The topological polar surface area (TPSA) is 67.8 Å². The summed E-state index contributed by atoms with van der Waals surface area (Å²) in [6.07, 6.45) is 4.65. The molecular formula is C17H17ClN2O3S. The fourth-order valence-corrected chi connectivity index (χ4v) is 2.88. The molecule has 2 aromatic rings. The van der Waals surface area contributed by atoms with Crippen LogP contribution in [0.5, 0.6) is 5.75 Å². The number of nitrogens with one attached hydrogen (secondary N) is 1. The van der Waals surface area contributed by atoms with Crippen LogP contribution in [0.4, 0.5) is 0 Å². The molecule has 0 atom stereocenters. The van der Waals surface area contributed by atoms with Crippen LogP contribution in [0.1, 0.15) is 11.1 Å². The zero-order valence-electron chi connectivity index (χ0n) is 13.2. The van der Waals surface area contributed by atoms with Gasteiger partial charge in [-0.3, -0.25) is 0 Å². The summed E-state index contributed by atoms with van der Waals surface area (Å²) in [6, 6.07) is 11.7. The van der Waals surface area contributed by atoms with Gasteiger partial charge in [-0.1, -0.05) is 29.3 Å². The average Bonchev–Trinajstić information content (AvgIpc) is 2.55. The van der Waals surface area contributed by atoms with Gasteiger partial charge in [0, 0.05) is 16.8 Å². The number of allylic oxidation sites excluding steroid dienone is 1. The molecule has 7 heteroatoms. The Balaban J connectivity index is 2.04. The summed E-state index contributed by atoms with van der Waals surface area (Å²) >= 11 is 5.94. The molecule has 0 saturated heterocycles. The highest BCUT2D eigenvalue weighted by Crippen LogP contribution is 2.23. The SMILES string of the molecule is COc1ccc(Cl)cc1/C=C\C=N/NS(=O)(=O)c1ccc(C)cc1. The number of sulfonamides is 1. The third-order valence-electron chi connectivity index (χ3n) is 3.13. The van der Waals surface area contributed by atoms with Crippen LogP contribution < -0.4 is 9.57 Å². The van der Waals surface area contributed by atoms with Gasteiger partial charge in [-0.2, -0.15) is 13.5 Å². The maximum absolute atomic E-state index is 12.0. The molecule has 0 radical (unpaired) electrons. The van der Waals surface area contributed by atoms with Crippen LogP contribution in [0.25, 0.3) is 6.08 Å². The van der Waals surface area contributed by atoms with Gasteiger partial charge in [0.05, 0.1) is 12.0 Å². The van der Waals surface area contributed by atoms with Crippen molar-refractivity contribution in [1.29, 1.82) is 0 Å². The summed E-state index contributed by atoms with van der Waals surface area (Å²) in [6.45, 7) is 1.89. The Bertz CT molecular complexity index is 860. The van der Waals surface area contributed by atoms with E-state index in [1.165, 1.54) is 18.3 Å². The van der Waals surface area contributed by atoms with E-state index in [2.05, 4.69) is 9.93 Å². The lowest BCUT2D eigenvalue weighted by molar-refractivity contribution is 0.414. The summed E-state index contributed by atoms with van der Waals surface area (Å²) in [5.41, 5.74) is 1.74. The van der Waals surface area contributed by atoms with Crippen LogP contribution in [0.15, 0.2) is 58.5 Å². The van der Waals surface area contributed by atoms with Crippen molar-refractivity contribution >= 4 is 33.9 Å². The van der Waals surface area contributed by atoms with Gasteiger partial charge < -0.3 is 4.74 Å². The molecule has 0 saturated carbocycles. The van der Waals surface area contributed by atoms with E-state index in [4.69, 9.17) is 16.3 Å². The zero-order valence-corrected chi connectivity index (χ0v) is 14.8. The maximum Gasteiger partial charge on any atom is 0.276 e. The molecule has 5 nitrogen and oxygen atoms in total. The molecule has 0 amide bonds. The van der Waals surface area contributed by atoms with Crippen LogP contribution in [-0.2, 0) is 10.0 Å². The summed E-state index contributed by atoms with van der Waals surface area (Å²) < 4.78 is 29.3. The molecular weight excluding hydrogens is 348 g/mol. The molecule has 0 aliphatic carbocycles. The molecule has 0 aliphatic heterocycles. The first-order valence-electron chi connectivity index (χ1n) is 7.04. The number of methoxy groups -OCH3 is 1. The van der Waals surface area contributed by atoms with E-state index in [-0.39, 0.29) is 4.90 Å². The standard InChI is InChI=1S/C17H17ClN2O3S/c1-13-5-8-16(9-6-13)24(21,22)20-19-11-3-4-14-12-15(18)7-10-17(14)23-2/h3-12,20H,1-2H3/b4-3-,19-11-. The van der Waals surface area contributed by atoms with E-state index >= 15 is 0 Å². The maximum atomic E-state index is 12.0. The summed E-state index contributed by atoms with van der Waals surface area (Å²) in [7, 11) is -2.11. The molecule has 0 fully saturated rings. The third-order valence-corrected chi connectivity index (χ3v) is 4.61. The van der Waals surface area contributed by atoms with Gasteiger partial charge in [0.1, 0.15) is 5.75 Å². The van der Waals surface area contributed by atoms with Crippen molar-refractivity contribution in [3.8, 4) is 5.75 Å². The molecule has 2 rings (SSSR count). The van der Waals surface area contributed by atoms with Gasteiger partial charge in [-0.25, -0.2) is 4.83 Å². The quantitative estimate of drug-likeness (QED) is 0.628. The smallest absolute Gasteiger partial charge is 0.276 e. The van der Waals surface area contributed by atoms with Gasteiger partial charge in [0.15, 0.2) is 0 Å². The van der Waals surface area contributed by atoms with E-state index < -0.39 is 10.0 Å². The van der Waals surface area contributed by atoms with Crippen LogP contribution in [0.2, 0.25) is 5.02 Å². The Hall–Kier alpha value is -2.31. The van der Waals surface area contributed by atoms with Gasteiger partial charge in [-0.15, -0.1) is 0 Å². The number of hydrazone groups is 1. The van der Waals surface area contributed by atoms with E-state index in [0.717, 1.165) is 11.1 Å². The van der Waals surface area contributed by atoms with Crippen molar-refractivity contribution in [1.82, 2.24) is 4.83 Å². The second kappa shape index (κ2) is 7.99. The van der Waals surface area contributed by atoms with Crippen LogP contribution >= 0.6 is 11.6 Å². The van der Waals surface area contributed by atoms with Crippen LogP contribution in [0.3, 0.4) is 0 Å². The van der Waals surface area contributed by atoms with E-state index in [9.17, 15) is 8.42 Å². The fourth-order valence-electron chi connectivity index (χ4n) is 1.90. The van der Waals surface area contributed by atoms with E-state index in [1.54, 1.807) is 49.6 Å². The summed E-state index contributed by atoms with van der Waals surface area (Å²) in [5.74, 6) is 0.657. The number of hydrogen-bond donors (Lipinski definition) is 1. The molecule has 126 valence electrons. The summed E-state index contributed by atoms with van der Waals surface area (Å²) in [4.78, 5) is 2.31. The highest BCUT2D eigenvalue weighted by Gasteiger charge is 2.11. The largest absolute Gasteiger partial charge is 0.496 e. The monoisotopic (exact) mass is 364 g/mol. The van der Waals surface area contributed by atoms with Crippen molar-refractivity contribution in [2.75, 3.05) is 7.11 Å². The number of ether oxygens (including phenoxy) is 1. The Morgan fingerprint density at radius 2 is 1.88 bits per heavy atom. The van der Waals surface area contributed by atoms with Crippen LogP contribution in [0, 0.1) is 6.92 Å². The molecule has 2 aromatic carbocycles. The lowest BCUT2D eigenvalue weighted by Crippen LogP contribution is -2.17. The minimum Gasteiger partial charge on any atom is -0.496 e. The first-order chi connectivity index (χ1) is 11.4. The molecule has 24 heavy (non-hydrogen) atoms. The molecule has 0 aromatic heterocycles. The number of hydrogen-bond acceptors (Lipinski definition) is 4. The molecule has 0 aliphatic rings. The Kier molecular flexibility index (Phi) is 6.00. The van der Waals surface area contributed by atoms with Gasteiger partial charge >= 0.3 is 0 Å². The van der Waals surface area contributed by atoms with Gasteiger partial charge in [0.2, 0.25) is 0 Å². The van der Waals surface area contributed by atoms with Gasteiger partial charge in [-0.05, 0) is 49.4 Å². The number of benzene rings is 2. The minimum absolute atomic E-state index is 0.158. The molecule has 0 bridgehead atoms. The molecule has 0 unspecified atom stereocenters. The third kappa shape index (κ3) is 4.84. The first-order valence-corrected chi connectivity index (χ1v) is 8.90. The predicted molar refractivity (Wildman–Crippen MR) is 97.0 cm³/mol. The number of halogens is 1. The predicted octanol–water partition coefficient (Wildman–Crippen LogP) is 3.63. The highest BCUT2D eigenvalue weighted by molar-refractivity contribution is 7.89. The second-order valence-corrected chi connectivity index (χ2v) is 7.03. The number of nitrogens with zero attached hydrogens (tertiary/aromatic N) is 1. The number of aryl methyl sites for hydroxylation is 1. The summed E-state index contributed by atoms with van der Waals surface area (Å²) in [5, 5.41) is 4.29. The molecule has 1 N–H and O–H groups in total. The zero-order chi connectivity index (χ0) is 17.6. The minimum atomic E-state index is -3.67. The van der Waals surface area contributed by atoms with Crippen molar-refractivity contribution in [2.24, 2.45) is 5.10 Å². The van der Waals surface area contributed by atoms with Crippen molar-refractivity contribution < 1.29 is 13.2 Å². The lowest BCUT2D eigenvalue weighted by atomic mass is 10.2. The normalized spacial score (nSPS) is 12.0. The van der Waals surface area contributed by atoms with Crippen molar-refractivity contribution in [3.63, 3.8) is 0 Å². The fraction of sp³-hybridized carbons (Fsp3) is 0.118. The Morgan fingerprint density at radius 1 is 1.17 bits per heavy atom. The van der Waals surface area contributed by atoms with Crippen LogP contribution in [-0.4, -0.2) is 21.7 Å². The molecule has 0 spiro atoms. The Morgan fingerprint density at radius 3 is 2.54 bits per heavy atom. The van der Waals surface area contributed by atoms with E-state index in [0.29, 0.717) is 10.8 Å². The van der Waals surface area contributed by atoms with Crippen molar-refractivity contribution in [2.45, 2.75) is 11.8 Å². The Labute approximate surface area is 146 Å². The number of rotatable bonds is 6. The second-order valence-electron chi connectivity index (χ2n) is 4.93. The lowest BCUT2D eigenvalue weighted by Gasteiger charge is -2.04. The van der Waals surface area contributed by atoms with Gasteiger partial charge in [0.25, 0.3) is 10.0 Å². The van der Waals surface area contributed by atoms with Crippen molar-refractivity contribution in [3.05, 3.63) is 64.7 Å². The molecule has 0 heterocycles. The van der Waals surface area contributed by atoms with E-state index in [1.807, 2.05) is 6.92 Å². The highest BCUT2D eigenvalue weighted by atomic mass is 35.5. The first kappa shape index (κ1) is 18.0. The average molecular weight is 365 g/mol.